The summed E-state index contributed by atoms with van der Waals surface area (Å²) in [6.45, 7) is 2.15. The molecule has 3 rings (SSSR count). The van der Waals surface area contributed by atoms with Crippen LogP contribution in [0.1, 0.15) is 29.8 Å². The topological polar surface area (TPSA) is 39.2 Å². The lowest BCUT2D eigenvalue weighted by molar-refractivity contribution is -0.145. The van der Waals surface area contributed by atoms with Crippen molar-refractivity contribution in [2.24, 2.45) is 0 Å². The molecule has 21 heavy (non-hydrogen) atoms. The number of hydrogen-bond acceptors (Lipinski definition) is 4. The molecule has 0 radical (unpaired) electrons. The fourth-order valence-electron chi connectivity index (χ4n) is 2.48. The van der Waals surface area contributed by atoms with E-state index >= 15 is 0 Å². The SMILES string of the molecule is CCOC(=O)C1CCc2sc(-c3ccc(Br)cc3F)nc21. The largest absolute Gasteiger partial charge is 0.465 e. The zero-order chi connectivity index (χ0) is 15.0. The summed E-state index contributed by atoms with van der Waals surface area (Å²) < 4.78 is 19.8. The van der Waals surface area contributed by atoms with Crippen molar-refractivity contribution in [3.8, 4) is 10.6 Å². The Bertz CT molecular complexity index is 701. The van der Waals surface area contributed by atoms with E-state index in [1.807, 2.05) is 0 Å². The number of benzene rings is 1. The zero-order valence-electron chi connectivity index (χ0n) is 11.4. The Labute approximate surface area is 134 Å². The molecule has 3 nitrogen and oxygen atoms in total. The summed E-state index contributed by atoms with van der Waals surface area (Å²) in [4.78, 5) is 17.5. The highest BCUT2D eigenvalue weighted by molar-refractivity contribution is 9.10. The molecule has 1 aromatic carbocycles. The highest BCUT2D eigenvalue weighted by atomic mass is 79.9. The van der Waals surface area contributed by atoms with Crippen LogP contribution in [0.3, 0.4) is 0 Å². The average Bonchev–Trinajstić information content (AvgIpc) is 2.98. The van der Waals surface area contributed by atoms with Crippen molar-refractivity contribution in [2.75, 3.05) is 6.61 Å². The van der Waals surface area contributed by atoms with Crippen LogP contribution in [0.2, 0.25) is 0 Å². The van der Waals surface area contributed by atoms with Gasteiger partial charge < -0.3 is 4.74 Å². The first-order valence-electron chi connectivity index (χ1n) is 6.71. The second-order valence-corrected chi connectivity index (χ2v) is 6.79. The van der Waals surface area contributed by atoms with Crippen molar-refractivity contribution in [3.05, 3.63) is 39.1 Å². The molecule has 0 saturated heterocycles. The van der Waals surface area contributed by atoms with Crippen LogP contribution in [0, 0.1) is 5.82 Å². The molecule has 110 valence electrons. The van der Waals surface area contributed by atoms with E-state index < -0.39 is 0 Å². The van der Waals surface area contributed by atoms with Crippen LogP contribution in [0.15, 0.2) is 22.7 Å². The molecule has 1 unspecified atom stereocenters. The van der Waals surface area contributed by atoms with Gasteiger partial charge in [0.1, 0.15) is 16.7 Å². The minimum absolute atomic E-state index is 0.232. The van der Waals surface area contributed by atoms with Crippen molar-refractivity contribution < 1.29 is 13.9 Å². The van der Waals surface area contributed by atoms with E-state index in [0.29, 0.717) is 21.7 Å². The van der Waals surface area contributed by atoms with Crippen molar-refractivity contribution in [1.82, 2.24) is 4.98 Å². The van der Waals surface area contributed by atoms with Gasteiger partial charge in [0, 0.05) is 14.9 Å². The number of esters is 1. The van der Waals surface area contributed by atoms with Gasteiger partial charge in [-0.3, -0.25) is 4.79 Å². The third-order valence-electron chi connectivity index (χ3n) is 3.45. The molecule has 1 atom stereocenters. The number of ether oxygens (including phenoxy) is 1. The van der Waals surface area contributed by atoms with E-state index in [2.05, 4.69) is 20.9 Å². The van der Waals surface area contributed by atoms with Crippen molar-refractivity contribution >= 4 is 33.2 Å². The first kappa shape index (κ1) is 14.7. The molecule has 1 aliphatic rings. The Morgan fingerprint density at radius 1 is 1.57 bits per heavy atom. The van der Waals surface area contributed by atoms with Crippen LogP contribution in [-0.2, 0) is 16.0 Å². The molecule has 1 aromatic heterocycles. The number of fused-ring (bicyclic) bond motifs is 1. The number of halogens is 2. The lowest BCUT2D eigenvalue weighted by Gasteiger charge is -2.07. The Morgan fingerprint density at radius 2 is 2.38 bits per heavy atom. The number of thiazole rings is 1. The fourth-order valence-corrected chi connectivity index (χ4v) is 3.98. The highest BCUT2D eigenvalue weighted by Crippen LogP contribution is 2.41. The predicted molar refractivity (Wildman–Crippen MR) is 82.9 cm³/mol. The molecular formula is C15H13BrFNO2S. The summed E-state index contributed by atoms with van der Waals surface area (Å²) in [6, 6.07) is 4.91. The first-order chi connectivity index (χ1) is 10.1. The highest BCUT2D eigenvalue weighted by Gasteiger charge is 2.33. The molecule has 1 heterocycles. The lowest BCUT2D eigenvalue weighted by atomic mass is 10.1. The molecule has 0 bridgehead atoms. The van der Waals surface area contributed by atoms with Crippen LogP contribution in [-0.4, -0.2) is 17.6 Å². The molecule has 0 aliphatic heterocycles. The summed E-state index contributed by atoms with van der Waals surface area (Å²) in [7, 11) is 0. The second-order valence-electron chi connectivity index (χ2n) is 4.79. The standard InChI is InChI=1S/C15H13BrFNO2S/c1-2-20-15(19)10-5-6-12-13(10)18-14(21-12)9-4-3-8(16)7-11(9)17/h3-4,7,10H,2,5-6H2,1H3. The van der Waals surface area contributed by atoms with Gasteiger partial charge in [-0.05, 0) is 38.0 Å². The molecular weight excluding hydrogens is 357 g/mol. The van der Waals surface area contributed by atoms with Gasteiger partial charge in [0.25, 0.3) is 0 Å². The van der Waals surface area contributed by atoms with Crippen LogP contribution in [0.25, 0.3) is 10.6 Å². The van der Waals surface area contributed by atoms with Gasteiger partial charge in [0.2, 0.25) is 0 Å². The summed E-state index contributed by atoms with van der Waals surface area (Å²) in [5, 5.41) is 0.624. The number of carbonyl (C=O) groups excluding carboxylic acids is 1. The number of hydrogen-bond donors (Lipinski definition) is 0. The minimum atomic E-state index is -0.315. The summed E-state index contributed by atoms with van der Waals surface area (Å²) >= 11 is 4.70. The lowest BCUT2D eigenvalue weighted by Crippen LogP contribution is -2.14. The quantitative estimate of drug-likeness (QED) is 0.756. The van der Waals surface area contributed by atoms with Gasteiger partial charge in [-0.25, -0.2) is 9.37 Å². The van der Waals surface area contributed by atoms with Crippen molar-refractivity contribution in [3.63, 3.8) is 0 Å². The normalized spacial score (nSPS) is 16.8. The minimum Gasteiger partial charge on any atom is -0.465 e. The molecule has 0 amide bonds. The number of nitrogens with zero attached hydrogens (tertiary/aromatic N) is 1. The number of aromatic nitrogens is 1. The fraction of sp³-hybridized carbons (Fsp3) is 0.333. The predicted octanol–water partition coefficient (Wildman–Crippen LogP) is 4.30. The molecule has 6 heteroatoms. The van der Waals surface area contributed by atoms with Crippen LogP contribution < -0.4 is 0 Å². The van der Waals surface area contributed by atoms with E-state index in [1.54, 1.807) is 19.1 Å². The van der Waals surface area contributed by atoms with Gasteiger partial charge in [0.05, 0.1) is 12.3 Å². The second kappa shape index (κ2) is 5.85. The van der Waals surface area contributed by atoms with Crippen LogP contribution in [0.5, 0.6) is 0 Å². The van der Waals surface area contributed by atoms with E-state index in [-0.39, 0.29) is 17.7 Å². The monoisotopic (exact) mass is 369 g/mol. The van der Waals surface area contributed by atoms with Crippen LogP contribution >= 0.6 is 27.3 Å². The van der Waals surface area contributed by atoms with E-state index in [0.717, 1.165) is 23.4 Å². The van der Waals surface area contributed by atoms with E-state index in [4.69, 9.17) is 4.74 Å². The third kappa shape index (κ3) is 2.74. The first-order valence-corrected chi connectivity index (χ1v) is 8.32. The smallest absolute Gasteiger partial charge is 0.315 e. The van der Waals surface area contributed by atoms with Crippen molar-refractivity contribution in [1.29, 1.82) is 0 Å². The Morgan fingerprint density at radius 3 is 3.10 bits per heavy atom. The van der Waals surface area contributed by atoms with Gasteiger partial charge in [-0.1, -0.05) is 15.9 Å². The molecule has 0 saturated carbocycles. The van der Waals surface area contributed by atoms with Gasteiger partial charge in [-0.2, -0.15) is 0 Å². The summed E-state index contributed by atoms with van der Waals surface area (Å²) in [6.07, 6.45) is 1.53. The number of aryl methyl sites for hydroxylation is 1. The molecule has 1 aliphatic carbocycles. The number of carbonyl (C=O) groups is 1. The van der Waals surface area contributed by atoms with E-state index in [1.165, 1.54) is 17.4 Å². The third-order valence-corrected chi connectivity index (χ3v) is 5.11. The Hall–Kier alpha value is -1.27. The molecule has 0 spiro atoms. The summed E-state index contributed by atoms with van der Waals surface area (Å²) in [5.41, 5.74) is 1.23. The molecule has 0 fully saturated rings. The number of rotatable bonds is 3. The van der Waals surface area contributed by atoms with Gasteiger partial charge in [-0.15, -0.1) is 11.3 Å². The Kier molecular flexibility index (Phi) is 4.08. The van der Waals surface area contributed by atoms with Gasteiger partial charge >= 0.3 is 5.97 Å². The zero-order valence-corrected chi connectivity index (χ0v) is 13.8. The summed E-state index contributed by atoms with van der Waals surface area (Å²) in [5.74, 6) is -0.850. The van der Waals surface area contributed by atoms with Crippen LogP contribution in [0.4, 0.5) is 4.39 Å². The average molecular weight is 370 g/mol. The maximum Gasteiger partial charge on any atom is 0.315 e. The van der Waals surface area contributed by atoms with E-state index in [9.17, 15) is 9.18 Å². The van der Waals surface area contributed by atoms with Crippen molar-refractivity contribution in [2.45, 2.75) is 25.7 Å². The maximum absolute atomic E-state index is 14.0. The Balaban J connectivity index is 1.95. The molecule has 0 N–H and O–H groups in total. The maximum atomic E-state index is 14.0. The van der Waals surface area contributed by atoms with Gasteiger partial charge in [0.15, 0.2) is 0 Å². The molecule has 2 aromatic rings.